The van der Waals surface area contributed by atoms with Gasteiger partial charge in [-0.05, 0) is 41.8 Å². The Morgan fingerprint density at radius 2 is 1.64 bits per heavy atom. The van der Waals surface area contributed by atoms with Crippen molar-refractivity contribution in [3.8, 4) is 22.3 Å². The highest BCUT2D eigenvalue weighted by atomic mass is 35.5. The van der Waals surface area contributed by atoms with Gasteiger partial charge < -0.3 is 4.74 Å². The second kappa shape index (κ2) is 6.20. The Morgan fingerprint density at radius 3 is 2.32 bits per heavy atom. The minimum Gasteiger partial charge on any atom is -0.462 e. The van der Waals surface area contributed by atoms with Gasteiger partial charge in [0, 0.05) is 10.6 Å². The van der Waals surface area contributed by atoms with Crippen LogP contribution in [0.4, 0.5) is 0 Å². The Bertz CT molecular complexity index is 778. The van der Waals surface area contributed by atoms with Gasteiger partial charge >= 0.3 is 5.97 Å². The van der Waals surface area contributed by atoms with E-state index in [1.54, 1.807) is 19.1 Å². The fraction of sp³-hybridized carbons (Fsp3) is 0.105. The fourth-order valence-electron chi connectivity index (χ4n) is 2.51. The summed E-state index contributed by atoms with van der Waals surface area (Å²) in [5.41, 5.74) is 4.76. The zero-order chi connectivity index (χ0) is 15.5. The van der Waals surface area contributed by atoms with Crippen molar-refractivity contribution in [3.05, 3.63) is 71.2 Å². The summed E-state index contributed by atoms with van der Waals surface area (Å²) in [4.78, 5) is 11.7. The topological polar surface area (TPSA) is 26.3 Å². The summed E-state index contributed by atoms with van der Waals surface area (Å²) < 4.78 is 5.00. The van der Waals surface area contributed by atoms with Crippen LogP contribution in [0.25, 0.3) is 22.3 Å². The van der Waals surface area contributed by atoms with Gasteiger partial charge in [-0.25, -0.2) is 4.79 Å². The summed E-state index contributed by atoms with van der Waals surface area (Å²) in [5.74, 6) is -0.300. The van der Waals surface area contributed by atoms with Gasteiger partial charge in [0.05, 0.1) is 12.2 Å². The summed E-state index contributed by atoms with van der Waals surface area (Å²) >= 11 is 6.34. The van der Waals surface area contributed by atoms with Crippen LogP contribution >= 0.6 is 11.6 Å². The number of esters is 1. The molecule has 1 aromatic rings. The first-order valence-corrected chi connectivity index (χ1v) is 7.53. The van der Waals surface area contributed by atoms with Gasteiger partial charge in [0.1, 0.15) is 0 Å². The van der Waals surface area contributed by atoms with Crippen LogP contribution in [0.2, 0.25) is 5.02 Å². The first kappa shape index (κ1) is 14.6. The van der Waals surface area contributed by atoms with E-state index in [0.717, 1.165) is 27.3 Å². The molecule has 110 valence electrons. The Labute approximate surface area is 134 Å². The van der Waals surface area contributed by atoms with E-state index >= 15 is 0 Å². The Kier molecular flexibility index (Phi) is 4.12. The van der Waals surface area contributed by atoms with Crippen molar-refractivity contribution >= 4 is 17.6 Å². The number of benzene rings is 1. The van der Waals surface area contributed by atoms with Crippen molar-refractivity contribution in [2.45, 2.75) is 6.92 Å². The molecule has 22 heavy (non-hydrogen) atoms. The number of hydrogen-bond donors (Lipinski definition) is 0. The molecule has 2 aliphatic carbocycles. The molecule has 0 spiro atoms. The van der Waals surface area contributed by atoms with E-state index in [1.165, 1.54) is 0 Å². The van der Waals surface area contributed by atoms with Crippen molar-refractivity contribution in [2.75, 3.05) is 6.61 Å². The van der Waals surface area contributed by atoms with Crippen LogP contribution in [-0.2, 0) is 4.74 Å². The molecular weight excluding hydrogens is 296 g/mol. The van der Waals surface area contributed by atoms with E-state index < -0.39 is 0 Å². The van der Waals surface area contributed by atoms with Gasteiger partial charge in [-0.2, -0.15) is 0 Å². The number of ether oxygens (including phenoxy) is 1. The average molecular weight is 311 g/mol. The van der Waals surface area contributed by atoms with Crippen LogP contribution in [0.15, 0.2) is 60.7 Å². The Hall–Kier alpha value is -2.32. The van der Waals surface area contributed by atoms with E-state index in [0.29, 0.717) is 12.2 Å². The lowest BCUT2D eigenvalue weighted by atomic mass is 10.0. The quantitative estimate of drug-likeness (QED) is 0.614. The van der Waals surface area contributed by atoms with Gasteiger partial charge in [-0.3, -0.25) is 0 Å². The molecule has 0 aliphatic heterocycles. The van der Waals surface area contributed by atoms with Crippen LogP contribution in [0.5, 0.6) is 0 Å². The van der Waals surface area contributed by atoms with Gasteiger partial charge in [0.25, 0.3) is 0 Å². The molecule has 0 atom stereocenters. The Balaban J connectivity index is 2.01. The second-order valence-electron chi connectivity index (χ2n) is 4.94. The number of fused-ring (bicyclic) bond motifs is 1. The maximum atomic E-state index is 11.7. The largest absolute Gasteiger partial charge is 0.462 e. The van der Waals surface area contributed by atoms with Crippen molar-refractivity contribution in [3.63, 3.8) is 0 Å². The second-order valence-corrected chi connectivity index (χ2v) is 5.35. The number of carbonyl (C=O) groups excluding carboxylic acids is 1. The summed E-state index contributed by atoms with van der Waals surface area (Å²) in [6.45, 7) is 2.17. The molecule has 0 N–H and O–H groups in total. The lowest BCUT2D eigenvalue weighted by Crippen LogP contribution is -2.03. The minimum atomic E-state index is -0.300. The van der Waals surface area contributed by atoms with Gasteiger partial charge in [0.15, 0.2) is 0 Å². The zero-order valence-corrected chi connectivity index (χ0v) is 12.9. The van der Waals surface area contributed by atoms with E-state index in [9.17, 15) is 4.79 Å². The lowest BCUT2D eigenvalue weighted by Gasteiger charge is -2.05. The highest BCUT2D eigenvalue weighted by molar-refractivity contribution is 6.34. The summed E-state index contributed by atoms with van der Waals surface area (Å²) in [7, 11) is 0. The van der Waals surface area contributed by atoms with Crippen LogP contribution in [-0.4, -0.2) is 12.6 Å². The molecule has 0 heterocycles. The van der Waals surface area contributed by atoms with E-state index in [2.05, 4.69) is 6.07 Å². The van der Waals surface area contributed by atoms with Crippen LogP contribution < -0.4 is 0 Å². The third-order valence-electron chi connectivity index (χ3n) is 3.56. The van der Waals surface area contributed by atoms with Crippen LogP contribution in [0, 0.1) is 0 Å². The molecule has 0 aromatic heterocycles. The minimum absolute atomic E-state index is 0.300. The number of carbonyl (C=O) groups is 1. The molecule has 0 fully saturated rings. The van der Waals surface area contributed by atoms with Crippen molar-refractivity contribution in [1.29, 1.82) is 0 Å². The molecule has 0 saturated heterocycles. The van der Waals surface area contributed by atoms with E-state index in [4.69, 9.17) is 16.3 Å². The summed E-state index contributed by atoms with van der Waals surface area (Å²) in [5, 5.41) is 0.732. The molecule has 2 aliphatic rings. The number of halogens is 1. The monoisotopic (exact) mass is 310 g/mol. The highest BCUT2D eigenvalue weighted by Crippen LogP contribution is 2.40. The van der Waals surface area contributed by atoms with Crippen LogP contribution in [0.3, 0.4) is 0 Å². The maximum Gasteiger partial charge on any atom is 0.338 e. The van der Waals surface area contributed by atoms with Crippen molar-refractivity contribution in [2.24, 2.45) is 0 Å². The van der Waals surface area contributed by atoms with Crippen molar-refractivity contribution in [1.82, 2.24) is 0 Å². The molecule has 0 saturated carbocycles. The maximum absolute atomic E-state index is 11.7. The molecule has 0 amide bonds. The molecular formula is C19H15ClO2. The van der Waals surface area contributed by atoms with E-state index in [1.807, 2.05) is 42.5 Å². The molecule has 2 nitrogen and oxygen atoms in total. The third kappa shape index (κ3) is 2.70. The third-order valence-corrected chi connectivity index (χ3v) is 3.88. The summed E-state index contributed by atoms with van der Waals surface area (Å²) in [6, 6.07) is 19.4. The Morgan fingerprint density at radius 1 is 0.955 bits per heavy atom. The SMILES string of the molecule is CCOC(=O)c1ccc(-c2cc(Cl)c3cccccc2-3)cc1. The molecule has 3 heteroatoms. The highest BCUT2D eigenvalue weighted by Gasteiger charge is 2.15. The van der Waals surface area contributed by atoms with Crippen LogP contribution in [0.1, 0.15) is 17.3 Å². The molecule has 0 radical (unpaired) electrons. The van der Waals surface area contributed by atoms with Gasteiger partial charge in [-0.1, -0.05) is 54.1 Å². The smallest absolute Gasteiger partial charge is 0.338 e. The standard InChI is InChI=1S/C19H15ClO2/c1-2-22-19(21)14-10-8-13(9-11-14)17-12-18(20)16-7-5-3-4-6-15(16)17/h3-12H,2H2,1H3. The predicted octanol–water partition coefficient (Wildman–Crippen LogP) is 5.29. The lowest BCUT2D eigenvalue weighted by molar-refractivity contribution is 0.0526. The predicted molar refractivity (Wildman–Crippen MR) is 89.5 cm³/mol. The molecule has 3 rings (SSSR count). The van der Waals surface area contributed by atoms with E-state index in [-0.39, 0.29) is 5.97 Å². The molecule has 1 aromatic carbocycles. The van der Waals surface area contributed by atoms with Gasteiger partial charge in [0.2, 0.25) is 0 Å². The molecule has 0 bridgehead atoms. The number of hydrogen-bond acceptors (Lipinski definition) is 2. The molecule has 0 unspecified atom stereocenters. The summed E-state index contributed by atoms with van der Waals surface area (Å²) in [6.07, 6.45) is 0. The fourth-order valence-corrected chi connectivity index (χ4v) is 2.79. The zero-order valence-electron chi connectivity index (χ0n) is 12.2. The average Bonchev–Trinajstić information content (AvgIpc) is 2.71. The van der Waals surface area contributed by atoms with Gasteiger partial charge in [-0.15, -0.1) is 0 Å². The first-order valence-electron chi connectivity index (χ1n) is 7.15. The number of rotatable bonds is 3. The van der Waals surface area contributed by atoms with Crippen molar-refractivity contribution < 1.29 is 9.53 Å². The normalized spacial score (nSPS) is 10.6. The first-order chi connectivity index (χ1) is 10.7.